The largest absolute Gasteiger partial charge is 0.481 e. The van der Waals surface area contributed by atoms with Gasteiger partial charge in [-0.3, -0.25) is 14.5 Å². The van der Waals surface area contributed by atoms with Crippen LogP contribution in [0, 0.1) is 23.5 Å². The Morgan fingerprint density at radius 2 is 2.03 bits per heavy atom. The molecule has 2 unspecified atom stereocenters. The first kappa shape index (κ1) is 20.5. The molecule has 2 fully saturated rings. The van der Waals surface area contributed by atoms with Gasteiger partial charge in [0.15, 0.2) is 11.5 Å². The summed E-state index contributed by atoms with van der Waals surface area (Å²) >= 11 is 0. The van der Waals surface area contributed by atoms with E-state index in [9.17, 15) is 23.5 Å². The van der Waals surface area contributed by atoms with Crippen LogP contribution in [0.2, 0.25) is 0 Å². The van der Waals surface area contributed by atoms with Crippen molar-refractivity contribution in [2.75, 3.05) is 13.1 Å². The first-order chi connectivity index (χ1) is 14.3. The molecule has 0 spiro atoms. The quantitative estimate of drug-likeness (QED) is 0.774. The summed E-state index contributed by atoms with van der Waals surface area (Å²) in [6.07, 6.45) is 2.75. The zero-order chi connectivity index (χ0) is 21.4. The van der Waals surface area contributed by atoms with Gasteiger partial charge in [-0.2, -0.15) is 0 Å². The average Bonchev–Trinajstić information content (AvgIpc) is 3.17. The fourth-order valence-electron chi connectivity index (χ4n) is 4.33. The number of likely N-dealkylation sites (tertiary alicyclic amines) is 1. The number of halogens is 2. The third-order valence-electron chi connectivity index (χ3n) is 6.26. The van der Waals surface area contributed by atoms with Crippen LogP contribution in [0.5, 0.6) is 0 Å². The van der Waals surface area contributed by atoms with Gasteiger partial charge >= 0.3 is 5.97 Å². The zero-order valence-electron chi connectivity index (χ0n) is 16.5. The topological polar surface area (TPSA) is 95.7 Å². The standard InChI is InChI=1S/C21H23F2N3O4/c1-11-2-5-18(11)26-7-6-16(14(10-26)21(28)29)24-20(27)17-9-19(30-25-17)13-4-3-12(22)8-15(13)23/h3-4,8-9,11,14,16,18H,2,5-7,10H2,1H3,(H,24,27)(H,28,29)/t11-,14?,16?,18-/m1/s1. The van der Waals surface area contributed by atoms with E-state index in [-0.39, 0.29) is 17.0 Å². The van der Waals surface area contributed by atoms with E-state index in [0.29, 0.717) is 37.5 Å². The first-order valence-corrected chi connectivity index (χ1v) is 10.0. The van der Waals surface area contributed by atoms with Gasteiger partial charge in [-0.05, 0) is 37.3 Å². The molecule has 0 bridgehead atoms. The Bertz CT molecular complexity index is 963. The molecule has 2 heterocycles. The van der Waals surface area contributed by atoms with Gasteiger partial charge in [0, 0.05) is 37.3 Å². The number of rotatable bonds is 5. The summed E-state index contributed by atoms with van der Waals surface area (Å²) in [7, 11) is 0. The number of piperidine rings is 1. The van der Waals surface area contributed by atoms with Crippen LogP contribution in [0.15, 0.2) is 28.8 Å². The lowest BCUT2D eigenvalue weighted by atomic mass is 9.78. The Labute approximate surface area is 172 Å². The van der Waals surface area contributed by atoms with E-state index in [0.717, 1.165) is 18.9 Å². The highest BCUT2D eigenvalue weighted by Crippen LogP contribution is 2.34. The van der Waals surface area contributed by atoms with E-state index >= 15 is 0 Å². The Morgan fingerprint density at radius 3 is 2.67 bits per heavy atom. The van der Waals surface area contributed by atoms with Crippen LogP contribution in [-0.2, 0) is 4.79 Å². The number of hydrogen-bond acceptors (Lipinski definition) is 5. The van der Waals surface area contributed by atoms with Crippen LogP contribution in [0.4, 0.5) is 8.78 Å². The second-order valence-electron chi connectivity index (χ2n) is 8.13. The molecule has 1 aliphatic heterocycles. The first-order valence-electron chi connectivity index (χ1n) is 10.0. The highest BCUT2D eigenvalue weighted by atomic mass is 19.1. The molecule has 4 rings (SSSR count). The van der Waals surface area contributed by atoms with Crippen LogP contribution in [-0.4, -0.2) is 52.2 Å². The number of carboxylic acid groups (broad SMARTS) is 1. The zero-order valence-corrected chi connectivity index (χ0v) is 16.5. The minimum absolute atomic E-state index is 0.0128. The summed E-state index contributed by atoms with van der Waals surface area (Å²) in [6, 6.07) is 4.12. The molecule has 0 radical (unpaired) electrons. The molecule has 2 N–H and O–H groups in total. The molecule has 1 saturated heterocycles. The van der Waals surface area contributed by atoms with Crippen LogP contribution in [0.3, 0.4) is 0 Å². The molecule has 2 aliphatic rings. The number of hydrogen-bond donors (Lipinski definition) is 2. The van der Waals surface area contributed by atoms with Crippen molar-refractivity contribution in [3.05, 3.63) is 41.6 Å². The molecule has 1 aromatic heterocycles. The lowest BCUT2D eigenvalue weighted by Gasteiger charge is -2.47. The van der Waals surface area contributed by atoms with Crippen molar-refractivity contribution in [2.45, 2.75) is 38.3 Å². The van der Waals surface area contributed by atoms with Gasteiger partial charge in [-0.1, -0.05) is 12.1 Å². The monoisotopic (exact) mass is 419 g/mol. The van der Waals surface area contributed by atoms with Gasteiger partial charge in [-0.25, -0.2) is 8.78 Å². The number of carbonyl (C=O) groups is 2. The number of amides is 1. The molecule has 1 aromatic carbocycles. The summed E-state index contributed by atoms with van der Waals surface area (Å²) in [6.45, 7) is 3.28. The van der Waals surface area contributed by atoms with Crippen molar-refractivity contribution < 1.29 is 28.0 Å². The van der Waals surface area contributed by atoms with Gasteiger partial charge < -0.3 is 14.9 Å². The van der Waals surface area contributed by atoms with Crippen LogP contribution < -0.4 is 5.32 Å². The van der Waals surface area contributed by atoms with Crippen molar-refractivity contribution in [3.63, 3.8) is 0 Å². The van der Waals surface area contributed by atoms with Crippen molar-refractivity contribution >= 4 is 11.9 Å². The molecule has 1 amide bonds. The fraction of sp³-hybridized carbons (Fsp3) is 0.476. The second-order valence-corrected chi connectivity index (χ2v) is 8.13. The Kier molecular flexibility index (Phi) is 5.55. The van der Waals surface area contributed by atoms with Crippen molar-refractivity contribution in [1.29, 1.82) is 0 Å². The van der Waals surface area contributed by atoms with Crippen LogP contribution >= 0.6 is 0 Å². The molecular weight excluding hydrogens is 396 g/mol. The third-order valence-corrected chi connectivity index (χ3v) is 6.26. The summed E-state index contributed by atoms with van der Waals surface area (Å²) in [5, 5.41) is 16.1. The number of nitrogens with one attached hydrogen (secondary N) is 1. The maximum Gasteiger partial charge on any atom is 0.309 e. The van der Waals surface area contributed by atoms with Gasteiger partial charge in [0.05, 0.1) is 11.5 Å². The maximum atomic E-state index is 13.9. The molecule has 2 aromatic rings. The minimum atomic E-state index is -0.953. The van der Waals surface area contributed by atoms with E-state index < -0.39 is 35.5 Å². The number of aromatic nitrogens is 1. The average molecular weight is 419 g/mol. The summed E-state index contributed by atoms with van der Waals surface area (Å²) < 4.78 is 32.0. The predicted molar refractivity (Wildman–Crippen MR) is 103 cm³/mol. The maximum absolute atomic E-state index is 13.9. The number of benzene rings is 1. The second kappa shape index (κ2) is 8.14. The van der Waals surface area contributed by atoms with E-state index in [1.165, 1.54) is 12.1 Å². The molecule has 4 atom stereocenters. The molecule has 9 heteroatoms. The highest BCUT2D eigenvalue weighted by Gasteiger charge is 2.41. The number of nitrogens with zero attached hydrogens (tertiary/aromatic N) is 2. The van der Waals surface area contributed by atoms with Crippen molar-refractivity contribution in [1.82, 2.24) is 15.4 Å². The lowest BCUT2D eigenvalue weighted by Crippen LogP contribution is -2.58. The number of carbonyl (C=O) groups excluding carboxylic acids is 1. The van der Waals surface area contributed by atoms with E-state index in [2.05, 4.69) is 22.3 Å². The molecule has 7 nitrogen and oxygen atoms in total. The van der Waals surface area contributed by atoms with Gasteiger partial charge in [0.2, 0.25) is 0 Å². The number of aliphatic carboxylic acids is 1. The lowest BCUT2D eigenvalue weighted by molar-refractivity contribution is -0.145. The SMILES string of the molecule is C[C@@H]1CC[C@H]1N1CCC(NC(=O)c2cc(-c3ccc(F)cc3F)on2)C(C(=O)O)C1. The van der Waals surface area contributed by atoms with E-state index in [1.807, 2.05) is 0 Å². The highest BCUT2D eigenvalue weighted by molar-refractivity contribution is 5.93. The molecule has 1 saturated carbocycles. The summed E-state index contributed by atoms with van der Waals surface area (Å²) in [4.78, 5) is 26.6. The number of carboxylic acids is 1. The molecular formula is C21H23F2N3O4. The van der Waals surface area contributed by atoms with Gasteiger partial charge in [-0.15, -0.1) is 0 Å². The fourth-order valence-corrected chi connectivity index (χ4v) is 4.33. The predicted octanol–water partition coefficient (Wildman–Crippen LogP) is 2.92. The van der Waals surface area contributed by atoms with Crippen molar-refractivity contribution in [2.24, 2.45) is 11.8 Å². The third kappa shape index (κ3) is 3.94. The molecule has 160 valence electrons. The normalized spacial score (nSPS) is 26.8. The molecule has 30 heavy (non-hydrogen) atoms. The summed E-state index contributed by atoms with van der Waals surface area (Å²) in [5.41, 5.74) is -0.109. The molecule has 1 aliphatic carbocycles. The minimum Gasteiger partial charge on any atom is -0.481 e. The van der Waals surface area contributed by atoms with Crippen molar-refractivity contribution in [3.8, 4) is 11.3 Å². The van der Waals surface area contributed by atoms with Crippen LogP contribution in [0.25, 0.3) is 11.3 Å². The smallest absolute Gasteiger partial charge is 0.309 e. The van der Waals surface area contributed by atoms with Crippen LogP contribution in [0.1, 0.15) is 36.7 Å². The van der Waals surface area contributed by atoms with E-state index in [1.54, 1.807) is 0 Å². The Morgan fingerprint density at radius 1 is 1.23 bits per heavy atom. The van der Waals surface area contributed by atoms with Gasteiger partial charge in [0.25, 0.3) is 5.91 Å². The Balaban J connectivity index is 1.44. The van der Waals surface area contributed by atoms with Gasteiger partial charge in [0.1, 0.15) is 11.6 Å². The Hall–Kier alpha value is -2.81. The van der Waals surface area contributed by atoms with E-state index in [4.69, 9.17) is 4.52 Å². The summed E-state index contributed by atoms with van der Waals surface area (Å²) in [5.74, 6) is -3.28.